The van der Waals surface area contributed by atoms with Crippen molar-refractivity contribution in [1.29, 1.82) is 0 Å². The predicted octanol–water partition coefficient (Wildman–Crippen LogP) is 1.38. The standard InChI is InChI=1S/C46H77NO17.C3H4O4/c1-13-33-30(22-58-45-42(57-12)41(56-11)37(52)26(5)60-45)18-23(2)14-15-31(49)24(3)19-29(16-17-48)39(25(4)32(50)20-34(51)62-33)64-44-38(53)36(47(9)10)40(27(6)61-44)63-35-21-46(8,55)43(54)28(7)59-35;4-2(5)1-3(6)7/h14-15,17-18,24-30,32-33,35-45,50,52-55H,13,16,19-22H2,1-12H3;1H2,(H,4,5)(H,6,7)/b15-14+,23-18+;/t24-,25+,26-,27-,28+,29+,30?,32-,33-,35+,36-,37-,38-,39-,40-,41-,42-,43+,44+,45-,46-;/m1./s1. The Morgan fingerprint density at radius 1 is 0.845 bits per heavy atom. The number of rotatable bonds is 15. The van der Waals surface area contributed by atoms with Gasteiger partial charge in [0.15, 0.2) is 24.7 Å². The lowest BCUT2D eigenvalue weighted by molar-refractivity contribution is -0.341. The van der Waals surface area contributed by atoms with E-state index in [2.05, 4.69) is 0 Å². The first kappa shape index (κ1) is 62.0. The number of ether oxygens (including phenoxy) is 9. The second kappa shape index (κ2) is 28.4. The first-order valence-electron chi connectivity index (χ1n) is 24.2. The van der Waals surface area contributed by atoms with E-state index in [4.69, 9.17) is 52.8 Å². The van der Waals surface area contributed by atoms with E-state index in [1.165, 1.54) is 27.2 Å². The quantitative estimate of drug-likeness (QED) is 0.0692. The molecule has 0 saturated carbocycles. The SMILES string of the molecule is CC[C@H]1OC(=O)C[C@@H](O)[C@H](C)[C@@H](O[C@@H]2O[C@H](C)[C@@H](O[C@H]3C[C@@](C)(O)[C@@H](O)[C@H](C)O3)[C@H](N(C)C)[C@H]2O)[C@@H](CC=O)C[C@@H](C)C(=O)/C=C/C(C)=C/C1CO[C@@H]1O[C@H](C)[C@@H](O)[C@@H](OC)[C@H]1OC.O=C(O)CC(=O)O. The largest absolute Gasteiger partial charge is 0.481 e. The van der Waals surface area contributed by atoms with E-state index in [1.54, 1.807) is 59.7 Å². The van der Waals surface area contributed by atoms with Crippen LogP contribution < -0.4 is 0 Å². The molecule has 7 N–H and O–H groups in total. The number of nitrogens with zero attached hydrogens (tertiary/aromatic N) is 1. The number of cyclic esters (lactones) is 1. The summed E-state index contributed by atoms with van der Waals surface area (Å²) in [7, 11) is 6.43. The van der Waals surface area contributed by atoms with Crippen molar-refractivity contribution in [3.05, 3.63) is 23.8 Å². The van der Waals surface area contributed by atoms with Crippen molar-refractivity contribution in [2.24, 2.45) is 23.7 Å². The lowest BCUT2D eigenvalue weighted by Gasteiger charge is -2.50. The molecule has 408 valence electrons. The van der Waals surface area contributed by atoms with Crippen molar-refractivity contribution in [1.82, 2.24) is 4.90 Å². The zero-order valence-electron chi connectivity index (χ0n) is 43.1. The number of likely N-dealkylation sites (N-methyl/N-ethyl adjacent to an activating group) is 1. The molecule has 1 unspecified atom stereocenters. The van der Waals surface area contributed by atoms with Crippen LogP contribution >= 0.6 is 0 Å². The summed E-state index contributed by atoms with van der Waals surface area (Å²) in [5.41, 5.74) is -0.806. The van der Waals surface area contributed by atoms with Gasteiger partial charge in [0.05, 0.1) is 55.2 Å². The minimum atomic E-state index is -1.49. The van der Waals surface area contributed by atoms with Gasteiger partial charge in [-0.15, -0.1) is 0 Å². The molecule has 0 spiro atoms. The van der Waals surface area contributed by atoms with Crippen LogP contribution in [0.15, 0.2) is 23.8 Å². The summed E-state index contributed by atoms with van der Waals surface area (Å²) in [5, 5.41) is 71.2. The number of carboxylic acid groups (broad SMARTS) is 2. The topological polar surface area (TPSA) is 313 Å². The molecule has 21 atom stereocenters. The lowest BCUT2D eigenvalue weighted by atomic mass is 9.79. The molecule has 4 rings (SSSR count). The maximum atomic E-state index is 13.8. The smallest absolute Gasteiger partial charge is 0.314 e. The Kier molecular flexibility index (Phi) is 24.8. The molecule has 4 aliphatic rings. The van der Waals surface area contributed by atoms with Gasteiger partial charge in [-0.25, -0.2) is 0 Å². The Morgan fingerprint density at radius 3 is 2.00 bits per heavy atom. The Bertz CT molecular complexity index is 1760. The third kappa shape index (κ3) is 17.4. The van der Waals surface area contributed by atoms with Gasteiger partial charge in [0, 0.05) is 44.8 Å². The van der Waals surface area contributed by atoms with Crippen molar-refractivity contribution >= 4 is 30.0 Å². The number of aliphatic hydroxyl groups excluding tert-OH is 4. The van der Waals surface area contributed by atoms with E-state index in [-0.39, 0.29) is 31.7 Å². The van der Waals surface area contributed by atoms with Crippen LogP contribution in [-0.4, -0.2) is 209 Å². The molecule has 71 heavy (non-hydrogen) atoms. The van der Waals surface area contributed by atoms with Gasteiger partial charge in [-0.3, -0.25) is 19.2 Å². The van der Waals surface area contributed by atoms with Crippen LogP contribution in [0.1, 0.15) is 93.9 Å². The molecule has 0 radical (unpaired) electrons. The van der Waals surface area contributed by atoms with Crippen LogP contribution in [0.4, 0.5) is 0 Å². The number of methoxy groups -OCH3 is 2. The Balaban J connectivity index is 0.00000176. The highest BCUT2D eigenvalue weighted by Gasteiger charge is 2.52. The first-order chi connectivity index (χ1) is 33.2. The predicted molar refractivity (Wildman–Crippen MR) is 250 cm³/mol. The van der Waals surface area contributed by atoms with Crippen molar-refractivity contribution in [2.75, 3.05) is 34.9 Å². The van der Waals surface area contributed by atoms with Crippen LogP contribution in [0.25, 0.3) is 0 Å². The molecule has 22 nitrogen and oxygen atoms in total. The molecular formula is C49H81NO21. The van der Waals surface area contributed by atoms with E-state index in [0.717, 1.165) is 6.29 Å². The maximum absolute atomic E-state index is 13.8. The van der Waals surface area contributed by atoms with Gasteiger partial charge in [-0.1, -0.05) is 38.5 Å². The van der Waals surface area contributed by atoms with Gasteiger partial charge in [-0.05, 0) is 73.5 Å². The van der Waals surface area contributed by atoms with Gasteiger partial charge < -0.3 is 88.1 Å². The molecule has 0 aromatic heterocycles. The summed E-state index contributed by atoms with van der Waals surface area (Å²) in [6, 6.07) is -0.748. The molecular weight excluding hydrogens is 939 g/mol. The molecule has 3 saturated heterocycles. The number of ketones is 1. The maximum Gasteiger partial charge on any atom is 0.314 e. The van der Waals surface area contributed by atoms with Crippen molar-refractivity contribution < 1.29 is 102 Å². The van der Waals surface area contributed by atoms with E-state index < -0.39 is 158 Å². The van der Waals surface area contributed by atoms with Crippen LogP contribution in [0.3, 0.4) is 0 Å². The molecule has 22 heteroatoms. The molecule has 0 bridgehead atoms. The number of esters is 1. The Hall–Kier alpha value is -3.33. The van der Waals surface area contributed by atoms with E-state index in [9.17, 15) is 49.5 Å². The second-order valence-corrected chi connectivity index (χ2v) is 19.7. The fraction of sp³-hybridized carbons (Fsp3) is 0.816. The van der Waals surface area contributed by atoms with Gasteiger partial charge in [0.2, 0.25) is 0 Å². The highest BCUT2D eigenvalue weighted by molar-refractivity contribution is 5.91. The highest BCUT2D eigenvalue weighted by Crippen LogP contribution is 2.37. The molecule has 0 amide bonds. The summed E-state index contributed by atoms with van der Waals surface area (Å²) in [6.07, 6.45) is -9.29. The van der Waals surface area contributed by atoms with Crippen molar-refractivity contribution in [3.8, 4) is 0 Å². The van der Waals surface area contributed by atoms with Crippen LogP contribution in [0, 0.1) is 23.7 Å². The Labute approximate surface area is 416 Å². The fourth-order valence-corrected chi connectivity index (χ4v) is 9.64. The Morgan fingerprint density at radius 2 is 1.46 bits per heavy atom. The van der Waals surface area contributed by atoms with Crippen LogP contribution in [0.2, 0.25) is 0 Å². The monoisotopic (exact) mass is 1020 g/mol. The zero-order valence-corrected chi connectivity index (χ0v) is 43.1. The average Bonchev–Trinajstić information content (AvgIpc) is 3.28. The summed E-state index contributed by atoms with van der Waals surface area (Å²) in [4.78, 5) is 60.4. The van der Waals surface area contributed by atoms with Crippen LogP contribution in [0.5, 0.6) is 0 Å². The van der Waals surface area contributed by atoms with Gasteiger partial charge in [0.25, 0.3) is 0 Å². The third-order valence-corrected chi connectivity index (χ3v) is 13.7. The number of carbonyl (C=O) groups is 5. The van der Waals surface area contributed by atoms with Crippen molar-refractivity contribution in [3.63, 3.8) is 0 Å². The number of aldehydes is 1. The molecule has 4 aliphatic heterocycles. The summed E-state index contributed by atoms with van der Waals surface area (Å²) >= 11 is 0. The number of carbonyl (C=O) groups excluding carboxylic acids is 3. The summed E-state index contributed by atoms with van der Waals surface area (Å²) in [6.45, 7) is 13.6. The second-order valence-electron chi connectivity index (χ2n) is 19.7. The van der Waals surface area contributed by atoms with Crippen LogP contribution in [-0.2, 0) is 66.6 Å². The summed E-state index contributed by atoms with van der Waals surface area (Å²) < 4.78 is 54.7. The number of hydrogen-bond donors (Lipinski definition) is 7. The van der Waals surface area contributed by atoms with Crippen molar-refractivity contribution in [2.45, 2.75) is 198 Å². The van der Waals surface area contributed by atoms with Gasteiger partial charge >= 0.3 is 17.9 Å². The zero-order chi connectivity index (χ0) is 53.7. The van der Waals surface area contributed by atoms with E-state index in [0.29, 0.717) is 12.0 Å². The summed E-state index contributed by atoms with van der Waals surface area (Å²) in [5.74, 6) is -6.21. The third-order valence-electron chi connectivity index (χ3n) is 13.7. The van der Waals surface area contributed by atoms with E-state index in [1.807, 2.05) is 19.9 Å². The number of aliphatic hydroxyl groups is 5. The normalized spacial score (nSPS) is 42.2. The lowest BCUT2D eigenvalue weighted by Crippen LogP contribution is -2.65. The molecule has 4 heterocycles. The number of allylic oxidation sites excluding steroid dienone is 3. The van der Waals surface area contributed by atoms with Gasteiger partial charge in [-0.2, -0.15) is 0 Å². The minimum Gasteiger partial charge on any atom is -0.481 e. The van der Waals surface area contributed by atoms with E-state index >= 15 is 0 Å². The number of hydrogen-bond acceptors (Lipinski definition) is 20. The fourth-order valence-electron chi connectivity index (χ4n) is 9.64. The van der Waals surface area contributed by atoms with Gasteiger partial charge in [0.1, 0.15) is 55.4 Å². The average molecular weight is 1020 g/mol. The number of aliphatic carboxylic acids is 2. The highest BCUT2D eigenvalue weighted by atomic mass is 16.7. The first-order valence-corrected chi connectivity index (χ1v) is 24.2. The molecule has 0 aromatic carbocycles. The molecule has 0 aliphatic carbocycles. The minimum absolute atomic E-state index is 0.00788. The number of carboxylic acids is 2. The molecule has 3 fully saturated rings. The molecule has 0 aromatic rings.